The topological polar surface area (TPSA) is 79.0 Å². The molecule has 0 saturated heterocycles. The number of aromatic amines is 1. The fourth-order valence-electron chi connectivity index (χ4n) is 2.69. The second-order valence-corrected chi connectivity index (χ2v) is 6.77. The van der Waals surface area contributed by atoms with Crippen LogP contribution in [0.1, 0.15) is 58.6 Å². The summed E-state index contributed by atoms with van der Waals surface area (Å²) < 4.78 is 5.29. The van der Waals surface area contributed by atoms with Gasteiger partial charge in [-0.25, -0.2) is 4.79 Å². The Labute approximate surface area is 126 Å². The van der Waals surface area contributed by atoms with Gasteiger partial charge in [-0.1, -0.05) is 0 Å². The van der Waals surface area contributed by atoms with Crippen LogP contribution in [0.5, 0.6) is 0 Å². The summed E-state index contributed by atoms with van der Waals surface area (Å²) in [7, 11) is 0. The van der Waals surface area contributed by atoms with Crippen molar-refractivity contribution in [2.24, 2.45) is 0 Å². The van der Waals surface area contributed by atoms with E-state index in [4.69, 9.17) is 4.74 Å². The van der Waals surface area contributed by atoms with E-state index in [1.54, 1.807) is 0 Å². The molecule has 1 aromatic heterocycles. The molecule has 3 N–H and O–H groups in total. The second kappa shape index (κ2) is 6.47. The zero-order valence-electron chi connectivity index (χ0n) is 13.3. The van der Waals surface area contributed by atoms with E-state index in [9.17, 15) is 4.79 Å². The highest BCUT2D eigenvalue weighted by Gasteiger charge is 2.28. The minimum atomic E-state index is -0.448. The number of nitrogens with zero attached hydrogens (tertiary/aromatic N) is 1. The van der Waals surface area contributed by atoms with Gasteiger partial charge < -0.3 is 15.4 Å². The number of amides is 1. The van der Waals surface area contributed by atoms with Crippen molar-refractivity contribution < 1.29 is 9.53 Å². The van der Waals surface area contributed by atoms with Gasteiger partial charge in [0.1, 0.15) is 5.60 Å². The Kier molecular flexibility index (Phi) is 4.88. The number of rotatable bonds is 4. The number of ether oxygens (including phenoxy) is 1. The van der Waals surface area contributed by atoms with Gasteiger partial charge in [-0.3, -0.25) is 5.10 Å². The largest absolute Gasteiger partial charge is 0.444 e. The van der Waals surface area contributed by atoms with Gasteiger partial charge in [0, 0.05) is 29.9 Å². The summed E-state index contributed by atoms with van der Waals surface area (Å²) in [5.41, 5.74) is 0.703. The summed E-state index contributed by atoms with van der Waals surface area (Å²) in [5, 5.41) is 13.3. The molecule has 1 aliphatic carbocycles. The molecule has 1 fully saturated rings. The first-order valence-electron chi connectivity index (χ1n) is 7.58. The summed E-state index contributed by atoms with van der Waals surface area (Å²) in [5.74, 6) is 0. The first-order valence-corrected chi connectivity index (χ1v) is 7.58. The van der Waals surface area contributed by atoms with Crippen molar-refractivity contribution in [1.82, 2.24) is 20.8 Å². The molecule has 0 bridgehead atoms. The van der Waals surface area contributed by atoms with Crippen LogP contribution in [0, 0.1) is 0 Å². The molecular weight excluding hydrogens is 268 g/mol. The van der Waals surface area contributed by atoms with Gasteiger partial charge in [-0.15, -0.1) is 0 Å². The number of carbonyl (C=O) groups excluding carboxylic acids is 1. The lowest BCUT2D eigenvalue weighted by atomic mass is 10.1. The number of nitrogens with one attached hydrogen (secondary N) is 3. The second-order valence-electron chi connectivity index (χ2n) is 6.77. The standard InChI is InChI=1S/C15H26N4O2/c1-10(11-8-16-17-9-11)18-12-5-6-13(7-12)19-14(20)21-15(2,3)4/h8-10,12-13,18H,5-7H2,1-4H3,(H,16,17)(H,19,20). The minimum absolute atomic E-state index is 0.189. The molecule has 21 heavy (non-hydrogen) atoms. The maximum atomic E-state index is 11.8. The molecule has 1 saturated carbocycles. The van der Waals surface area contributed by atoms with Gasteiger partial charge in [0.25, 0.3) is 0 Å². The lowest BCUT2D eigenvalue weighted by Gasteiger charge is -2.22. The first-order chi connectivity index (χ1) is 9.83. The quantitative estimate of drug-likeness (QED) is 0.797. The maximum Gasteiger partial charge on any atom is 0.407 e. The molecule has 6 nitrogen and oxygen atoms in total. The van der Waals surface area contributed by atoms with Gasteiger partial charge >= 0.3 is 6.09 Å². The highest BCUT2D eigenvalue weighted by molar-refractivity contribution is 5.68. The normalized spacial score (nSPS) is 23.8. The predicted octanol–water partition coefficient (Wildman–Crippen LogP) is 2.51. The molecule has 0 radical (unpaired) electrons. The zero-order valence-corrected chi connectivity index (χ0v) is 13.3. The average Bonchev–Trinajstić information content (AvgIpc) is 2.97. The third kappa shape index (κ3) is 5.04. The minimum Gasteiger partial charge on any atom is -0.444 e. The Bertz CT molecular complexity index is 453. The number of H-pyrrole nitrogens is 1. The maximum absolute atomic E-state index is 11.8. The number of carbonyl (C=O) groups is 1. The molecule has 1 aromatic rings. The van der Waals surface area contributed by atoms with E-state index in [1.807, 2.05) is 33.2 Å². The zero-order chi connectivity index (χ0) is 15.5. The van der Waals surface area contributed by atoms with Crippen molar-refractivity contribution in [1.29, 1.82) is 0 Å². The predicted molar refractivity (Wildman–Crippen MR) is 80.9 cm³/mol. The van der Waals surface area contributed by atoms with E-state index < -0.39 is 5.60 Å². The molecule has 0 spiro atoms. The van der Waals surface area contributed by atoms with Gasteiger partial charge in [0.05, 0.1) is 6.20 Å². The van der Waals surface area contributed by atoms with Gasteiger partial charge in [-0.05, 0) is 47.0 Å². The summed E-state index contributed by atoms with van der Waals surface area (Å²) in [6.45, 7) is 7.74. The molecule has 3 atom stereocenters. The number of alkyl carbamates (subject to hydrolysis) is 1. The number of hydrogen-bond donors (Lipinski definition) is 3. The molecule has 118 valence electrons. The summed E-state index contributed by atoms with van der Waals surface area (Å²) in [4.78, 5) is 11.8. The Morgan fingerprint density at radius 3 is 2.76 bits per heavy atom. The van der Waals surface area contributed by atoms with Crippen LogP contribution in [0.25, 0.3) is 0 Å². The van der Waals surface area contributed by atoms with Crippen molar-refractivity contribution in [3.8, 4) is 0 Å². The summed E-state index contributed by atoms with van der Waals surface area (Å²) in [6, 6.07) is 0.859. The molecule has 1 aliphatic rings. The van der Waals surface area contributed by atoms with E-state index in [2.05, 4.69) is 27.8 Å². The van der Waals surface area contributed by atoms with Crippen molar-refractivity contribution in [2.45, 2.75) is 70.7 Å². The Morgan fingerprint density at radius 1 is 1.43 bits per heavy atom. The third-order valence-corrected chi connectivity index (χ3v) is 3.66. The summed E-state index contributed by atoms with van der Waals surface area (Å²) in [6.07, 6.45) is 6.39. The molecule has 0 aliphatic heterocycles. The highest BCUT2D eigenvalue weighted by atomic mass is 16.6. The van der Waals surface area contributed by atoms with Crippen LogP contribution in [0.2, 0.25) is 0 Å². The van der Waals surface area contributed by atoms with Crippen LogP contribution in [-0.2, 0) is 4.74 Å². The monoisotopic (exact) mass is 294 g/mol. The third-order valence-electron chi connectivity index (χ3n) is 3.66. The smallest absolute Gasteiger partial charge is 0.407 e. The SMILES string of the molecule is CC(NC1CCC(NC(=O)OC(C)(C)C)C1)c1cn[nH]c1. The van der Waals surface area contributed by atoms with E-state index >= 15 is 0 Å². The van der Waals surface area contributed by atoms with Crippen molar-refractivity contribution in [3.05, 3.63) is 18.0 Å². The van der Waals surface area contributed by atoms with Crippen LogP contribution < -0.4 is 10.6 Å². The van der Waals surface area contributed by atoms with Gasteiger partial charge in [-0.2, -0.15) is 5.10 Å². The van der Waals surface area contributed by atoms with Gasteiger partial charge in [0.15, 0.2) is 0 Å². The average molecular weight is 294 g/mol. The fraction of sp³-hybridized carbons (Fsp3) is 0.733. The number of hydrogen-bond acceptors (Lipinski definition) is 4. The highest BCUT2D eigenvalue weighted by Crippen LogP contribution is 2.23. The van der Waals surface area contributed by atoms with Crippen LogP contribution >= 0.6 is 0 Å². The van der Waals surface area contributed by atoms with Crippen molar-refractivity contribution in [2.75, 3.05) is 0 Å². The molecule has 1 heterocycles. The Hall–Kier alpha value is -1.56. The molecule has 0 aromatic carbocycles. The lowest BCUT2D eigenvalue weighted by Crippen LogP contribution is -2.39. The fourth-order valence-corrected chi connectivity index (χ4v) is 2.69. The number of aromatic nitrogens is 2. The molecular formula is C15H26N4O2. The van der Waals surface area contributed by atoms with Crippen LogP contribution in [0.3, 0.4) is 0 Å². The molecule has 1 amide bonds. The van der Waals surface area contributed by atoms with Crippen LogP contribution in [-0.4, -0.2) is 34.0 Å². The molecule has 6 heteroatoms. The van der Waals surface area contributed by atoms with Crippen molar-refractivity contribution in [3.63, 3.8) is 0 Å². The first kappa shape index (κ1) is 15.8. The Morgan fingerprint density at radius 2 is 2.14 bits per heavy atom. The van der Waals surface area contributed by atoms with E-state index in [1.165, 1.54) is 0 Å². The van der Waals surface area contributed by atoms with Crippen LogP contribution in [0.4, 0.5) is 4.79 Å². The van der Waals surface area contributed by atoms with Crippen molar-refractivity contribution >= 4 is 6.09 Å². The molecule has 3 unspecified atom stereocenters. The van der Waals surface area contributed by atoms with Gasteiger partial charge in [0.2, 0.25) is 0 Å². The van der Waals surface area contributed by atoms with E-state index in [0.717, 1.165) is 24.8 Å². The summed E-state index contributed by atoms with van der Waals surface area (Å²) >= 11 is 0. The Balaban J connectivity index is 1.75. The van der Waals surface area contributed by atoms with E-state index in [-0.39, 0.29) is 18.2 Å². The molecule has 2 rings (SSSR count). The van der Waals surface area contributed by atoms with Crippen LogP contribution in [0.15, 0.2) is 12.4 Å². The lowest BCUT2D eigenvalue weighted by molar-refractivity contribution is 0.0505. The van der Waals surface area contributed by atoms with E-state index in [0.29, 0.717) is 6.04 Å².